The van der Waals surface area contributed by atoms with Crippen LogP contribution in [0.4, 0.5) is 5.95 Å². The normalized spacial score (nSPS) is 21.1. The summed E-state index contributed by atoms with van der Waals surface area (Å²) in [5.41, 5.74) is 5.55. The Morgan fingerprint density at radius 1 is 1.56 bits per heavy atom. The lowest BCUT2D eigenvalue weighted by Gasteiger charge is -2.33. The number of imidazole rings is 1. The molecule has 8 heteroatoms. The number of rotatable bonds is 2. The van der Waals surface area contributed by atoms with Gasteiger partial charge >= 0.3 is 0 Å². The van der Waals surface area contributed by atoms with Gasteiger partial charge in [0.05, 0.1) is 12.2 Å². The molecular weight excluding hydrogens is 238 g/mol. The summed E-state index contributed by atoms with van der Waals surface area (Å²) in [7, 11) is 0. The minimum absolute atomic E-state index is 0.00217. The standard InChI is InChI=1S/C10H11N5O3/c11-9-13-7-6(8(16)14-9)12-4-15(7)3-5-1-2-10(5,17)18/h1-2,4-5,17-18H,3H2,(H3,11,13,14,16)/t5-/m0/s1. The third-order valence-corrected chi connectivity index (χ3v) is 3.01. The zero-order valence-electron chi connectivity index (χ0n) is 9.24. The van der Waals surface area contributed by atoms with E-state index in [1.807, 2.05) is 0 Å². The second-order valence-electron chi connectivity index (χ2n) is 4.27. The molecule has 2 aromatic rings. The fraction of sp³-hybridized carbons (Fsp3) is 0.300. The quantitative estimate of drug-likeness (QED) is 0.381. The molecule has 0 bridgehead atoms. The number of aromatic nitrogens is 4. The number of fused-ring (bicyclic) bond motifs is 1. The Morgan fingerprint density at radius 3 is 2.94 bits per heavy atom. The van der Waals surface area contributed by atoms with Crippen molar-refractivity contribution in [3.63, 3.8) is 0 Å². The smallest absolute Gasteiger partial charge is 0.280 e. The van der Waals surface area contributed by atoms with Crippen LogP contribution in [0.1, 0.15) is 0 Å². The van der Waals surface area contributed by atoms with E-state index in [4.69, 9.17) is 5.73 Å². The van der Waals surface area contributed by atoms with E-state index < -0.39 is 17.3 Å². The molecule has 0 aromatic carbocycles. The van der Waals surface area contributed by atoms with Crippen molar-refractivity contribution in [3.8, 4) is 0 Å². The van der Waals surface area contributed by atoms with Gasteiger partial charge in [-0.15, -0.1) is 0 Å². The van der Waals surface area contributed by atoms with Crippen molar-refractivity contribution in [2.45, 2.75) is 12.3 Å². The maximum atomic E-state index is 11.5. The van der Waals surface area contributed by atoms with Crippen molar-refractivity contribution < 1.29 is 10.2 Å². The van der Waals surface area contributed by atoms with Gasteiger partial charge in [-0.3, -0.25) is 9.78 Å². The second-order valence-corrected chi connectivity index (χ2v) is 4.27. The lowest BCUT2D eigenvalue weighted by Crippen LogP contribution is -2.43. The molecule has 1 atom stereocenters. The summed E-state index contributed by atoms with van der Waals surface area (Å²) in [5.74, 6) is -2.28. The lowest BCUT2D eigenvalue weighted by atomic mass is 9.87. The van der Waals surface area contributed by atoms with Gasteiger partial charge < -0.3 is 20.5 Å². The van der Waals surface area contributed by atoms with Crippen LogP contribution < -0.4 is 11.3 Å². The Kier molecular flexibility index (Phi) is 2.07. The molecule has 1 aliphatic carbocycles. The van der Waals surface area contributed by atoms with Crippen LogP contribution in [0, 0.1) is 5.92 Å². The van der Waals surface area contributed by atoms with Gasteiger partial charge in [-0.25, -0.2) is 4.98 Å². The van der Waals surface area contributed by atoms with Gasteiger partial charge in [0.25, 0.3) is 5.56 Å². The summed E-state index contributed by atoms with van der Waals surface area (Å²) in [6.45, 7) is 0.260. The van der Waals surface area contributed by atoms with Crippen LogP contribution in [0.15, 0.2) is 23.3 Å². The van der Waals surface area contributed by atoms with E-state index >= 15 is 0 Å². The first-order valence-electron chi connectivity index (χ1n) is 5.32. The molecule has 0 amide bonds. The number of H-pyrrole nitrogens is 1. The molecule has 0 saturated heterocycles. The van der Waals surface area contributed by atoms with Crippen LogP contribution in [0.25, 0.3) is 11.2 Å². The first-order chi connectivity index (χ1) is 8.47. The highest BCUT2D eigenvalue weighted by molar-refractivity contribution is 5.70. The van der Waals surface area contributed by atoms with Crippen LogP contribution in [0.2, 0.25) is 0 Å². The van der Waals surface area contributed by atoms with Crippen molar-refractivity contribution in [1.82, 2.24) is 19.5 Å². The number of aliphatic hydroxyl groups is 2. The molecule has 0 unspecified atom stereocenters. The average Bonchev–Trinajstić information content (AvgIpc) is 2.68. The molecule has 2 heterocycles. The number of nitrogens with one attached hydrogen (secondary N) is 1. The van der Waals surface area contributed by atoms with Gasteiger partial charge in [-0.1, -0.05) is 6.08 Å². The van der Waals surface area contributed by atoms with E-state index in [1.54, 1.807) is 10.6 Å². The predicted molar refractivity (Wildman–Crippen MR) is 62.4 cm³/mol. The Balaban J connectivity index is 2.04. The van der Waals surface area contributed by atoms with E-state index in [9.17, 15) is 15.0 Å². The summed E-state index contributed by atoms with van der Waals surface area (Å²) >= 11 is 0. The zero-order chi connectivity index (χ0) is 12.9. The Morgan fingerprint density at radius 2 is 2.33 bits per heavy atom. The van der Waals surface area contributed by atoms with Crippen LogP contribution in [-0.2, 0) is 6.54 Å². The number of nitrogen functional groups attached to an aromatic ring is 1. The van der Waals surface area contributed by atoms with Crippen molar-refractivity contribution in [2.75, 3.05) is 5.73 Å². The van der Waals surface area contributed by atoms with E-state index in [1.165, 1.54) is 12.4 Å². The average molecular weight is 249 g/mol. The maximum Gasteiger partial charge on any atom is 0.280 e. The summed E-state index contributed by atoms with van der Waals surface area (Å²) in [4.78, 5) is 21.8. The van der Waals surface area contributed by atoms with Crippen LogP contribution in [0.3, 0.4) is 0 Å². The summed E-state index contributed by atoms with van der Waals surface area (Å²) in [6, 6.07) is 0. The number of nitrogens with zero attached hydrogens (tertiary/aromatic N) is 3. The molecule has 0 spiro atoms. The number of anilines is 1. The largest absolute Gasteiger partial charge is 0.369 e. The van der Waals surface area contributed by atoms with Crippen LogP contribution in [0.5, 0.6) is 0 Å². The molecule has 0 fully saturated rings. The minimum Gasteiger partial charge on any atom is -0.369 e. The molecule has 2 aromatic heterocycles. The third kappa shape index (κ3) is 1.50. The fourth-order valence-corrected chi connectivity index (χ4v) is 1.92. The molecular formula is C10H11N5O3. The molecule has 5 N–H and O–H groups in total. The van der Waals surface area contributed by atoms with Gasteiger partial charge in [0.1, 0.15) is 0 Å². The van der Waals surface area contributed by atoms with Gasteiger partial charge in [0, 0.05) is 6.54 Å². The number of aromatic amines is 1. The highest BCUT2D eigenvalue weighted by Gasteiger charge is 2.37. The van der Waals surface area contributed by atoms with Crippen molar-refractivity contribution in [1.29, 1.82) is 0 Å². The summed E-state index contributed by atoms with van der Waals surface area (Å²) in [6.07, 6.45) is 4.39. The Bertz CT molecular complexity index is 699. The highest BCUT2D eigenvalue weighted by Crippen LogP contribution is 2.29. The molecule has 18 heavy (non-hydrogen) atoms. The van der Waals surface area contributed by atoms with E-state index in [0.29, 0.717) is 5.65 Å². The first-order valence-corrected chi connectivity index (χ1v) is 5.32. The summed E-state index contributed by atoms with van der Waals surface area (Å²) in [5, 5.41) is 19.0. The van der Waals surface area contributed by atoms with Crippen molar-refractivity contribution in [3.05, 3.63) is 28.8 Å². The Hall–Kier alpha value is -2.19. The van der Waals surface area contributed by atoms with Crippen molar-refractivity contribution in [2.24, 2.45) is 5.92 Å². The number of nitrogens with two attached hydrogens (primary N) is 1. The topological polar surface area (TPSA) is 130 Å². The fourth-order valence-electron chi connectivity index (χ4n) is 1.92. The van der Waals surface area contributed by atoms with Crippen molar-refractivity contribution >= 4 is 17.1 Å². The van der Waals surface area contributed by atoms with E-state index in [2.05, 4.69) is 15.0 Å². The molecule has 8 nitrogen and oxygen atoms in total. The van der Waals surface area contributed by atoms with Gasteiger partial charge in [0.2, 0.25) is 5.95 Å². The minimum atomic E-state index is -1.82. The van der Waals surface area contributed by atoms with E-state index in [-0.39, 0.29) is 18.0 Å². The maximum absolute atomic E-state index is 11.5. The molecule has 0 saturated carbocycles. The second kappa shape index (κ2) is 3.40. The summed E-state index contributed by atoms with van der Waals surface area (Å²) < 4.78 is 1.57. The number of hydrogen-bond acceptors (Lipinski definition) is 6. The highest BCUT2D eigenvalue weighted by atomic mass is 16.5. The third-order valence-electron chi connectivity index (χ3n) is 3.01. The monoisotopic (exact) mass is 249 g/mol. The molecule has 3 rings (SSSR count). The van der Waals surface area contributed by atoms with E-state index in [0.717, 1.165) is 0 Å². The lowest BCUT2D eigenvalue weighted by molar-refractivity contribution is -0.166. The zero-order valence-corrected chi connectivity index (χ0v) is 9.24. The molecule has 1 aliphatic rings. The SMILES string of the molecule is Nc1nc2c(ncn2C[C@@H]2C=CC2(O)O)c(=O)[nH]1. The van der Waals surface area contributed by atoms with Crippen LogP contribution >= 0.6 is 0 Å². The predicted octanol–water partition coefficient (Wildman–Crippen LogP) is -1.43. The van der Waals surface area contributed by atoms with Gasteiger partial charge in [-0.05, 0) is 6.08 Å². The molecule has 0 aliphatic heterocycles. The van der Waals surface area contributed by atoms with Crippen LogP contribution in [-0.4, -0.2) is 35.5 Å². The Labute approximate surface area is 100 Å². The van der Waals surface area contributed by atoms with Gasteiger partial charge in [0.15, 0.2) is 17.0 Å². The first kappa shape index (κ1) is 10.9. The van der Waals surface area contributed by atoms with Gasteiger partial charge in [-0.2, -0.15) is 4.98 Å². The molecule has 0 radical (unpaired) electrons. The number of hydrogen-bond donors (Lipinski definition) is 4. The molecule has 94 valence electrons.